The van der Waals surface area contributed by atoms with Crippen LogP contribution in [0.1, 0.15) is 38.4 Å². The standard InChI is InChI=1S/C14H20ClNO/c1-14(2,11-5-6-11)16-9-13(17)10-3-7-12(15)8-4-10/h3-4,7-8,11,13,16-17H,5-6,9H2,1-2H3. The summed E-state index contributed by atoms with van der Waals surface area (Å²) in [7, 11) is 0. The van der Waals surface area contributed by atoms with E-state index in [2.05, 4.69) is 19.2 Å². The summed E-state index contributed by atoms with van der Waals surface area (Å²) in [5.41, 5.74) is 1.04. The smallest absolute Gasteiger partial charge is 0.0914 e. The van der Waals surface area contributed by atoms with Crippen LogP contribution >= 0.6 is 11.6 Å². The van der Waals surface area contributed by atoms with Gasteiger partial charge in [-0.1, -0.05) is 23.7 Å². The number of nitrogens with one attached hydrogen (secondary N) is 1. The summed E-state index contributed by atoms with van der Waals surface area (Å²) in [6.07, 6.45) is 2.14. The van der Waals surface area contributed by atoms with Crippen LogP contribution in [0.4, 0.5) is 0 Å². The van der Waals surface area contributed by atoms with Gasteiger partial charge in [0.1, 0.15) is 0 Å². The SMILES string of the molecule is CC(C)(NCC(O)c1ccc(Cl)cc1)C1CC1. The zero-order valence-corrected chi connectivity index (χ0v) is 11.2. The molecule has 1 aromatic rings. The largest absolute Gasteiger partial charge is 0.387 e. The molecular formula is C14H20ClNO. The molecule has 1 unspecified atom stereocenters. The fourth-order valence-corrected chi connectivity index (χ4v) is 2.24. The second kappa shape index (κ2) is 4.97. The van der Waals surface area contributed by atoms with E-state index in [-0.39, 0.29) is 5.54 Å². The van der Waals surface area contributed by atoms with Crippen LogP contribution in [0.3, 0.4) is 0 Å². The molecule has 17 heavy (non-hydrogen) atoms. The van der Waals surface area contributed by atoms with Gasteiger partial charge in [-0.3, -0.25) is 0 Å². The van der Waals surface area contributed by atoms with Crippen molar-refractivity contribution in [3.63, 3.8) is 0 Å². The Balaban J connectivity index is 1.88. The van der Waals surface area contributed by atoms with E-state index >= 15 is 0 Å². The van der Waals surface area contributed by atoms with Gasteiger partial charge < -0.3 is 10.4 Å². The number of halogens is 1. The topological polar surface area (TPSA) is 32.3 Å². The first-order chi connectivity index (χ1) is 7.99. The molecule has 0 aliphatic heterocycles. The van der Waals surface area contributed by atoms with Crippen molar-refractivity contribution in [2.75, 3.05) is 6.54 Å². The molecule has 0 heterocycles. The lowest BCUT2D eigenvalue weighted by Gasteiger charge is -2.27. The van der Waals surface area contributed by atoms with Crippen LogP contribution in [0.15, 0.2) is 24.3 Å². The van der Waals surface area contributed by atoms with Gasteiger partial charge in [0.05, 0.1) is 6.10 Å². The number of aliphatic hydroxyl groups excluding tert-OH is 1. The van der Waals surface area contributed by atoms with Gasteiger partial charge in [0, 0.05) is 17.1 Å². The third-order valence-electron chi connectivity index (χ3n) is 3.60. The van der Waals surface area contributed by atoms with Crippen molar-refractivity contribution in [2.45, 2.75) is 38.3 Å². The van der Waals surface area contributed by atoms with E-state index < -0.39 is 6.10 Å². The number of rotatable bonds is 5. The van der Waals surface area contributed by atoms with Crippen LogP contribution < -0.4 is 5.32 Å². The van der Waals surface area contributed by atoms with E-state index in [0.29, 0.717) is 11.6 Å². The van der Waals surface area contributed by atoms with E-state index in [1.54, 1.807) is 0 Å². The molecule has 0 radical (unpaired) electrons. The van der Waals surface area contributed by atoms with Crippen molar-refractivity contribution in [3.8, 4) is 0 Å². The molecule has 94 valence electrons. The molecule has 0 spiro atoms. The number of benzene rings is 1. The average Bonchev–Trinajstić information content (AvgIpc) is 3.11. The quantitative estimate of drug-likeness (QED) is 0.845. The number of hydrogen-bond donors (Lipinski definition) is 2. The first-order valence-electron chi connectivity index (χ1n) is 6.17. The Hall–Kier alpha value is -0.570. The summed E-state index contributed by atoms with van der Waals surface area (Å²) in [5, 5.41) is 14.2. The highest BCUT2D eigenvalue weighted by Crippen LogP contribution is 2.39. The van der Waals surface area contributed by atoms with Gasteiger partial charge in [-0.25, -0.2) is 0 Å². The van der Waals surface area contributed by atoms with E-state index in [9.17, 15) is 5.11 Å². The second-order valence-corrected chi connectivity index (χ2v) is 5.88. The highest BCUT2D eigenvalue weighted by Gasteiger charge is 2.37. The van der Waals surface area contributed by atoms with Crippen LogP contribution in [0.25, 0.3) is 0 Å². The molecule has 1 saturated carbocycles. The first kappa shape index (κ1) is 12.9. The minimum absolute atomic E-state index is 0.132. The Morgan fingerprint density at radius 2 is 1.94 bits per heavy atom. The molecule has 1 atom stereocenters. The summed E-state index contributed by atoms with van der Waals surface area (Å²) >= 11 is 5.82. The predicted octanol–water partition coefficient (Wildman–Crippen LogP) is 3.15. The summed E-state index contributed by atoms with van der Waals surface area (Å²) in [6.45, 7) is 5.00. The molecule has 1 aliphatic carbocycles. The van der Waals surface area contributed by atoms with Crippen molar-refractivity contribution >= 4 is 11.6 Å². The maximum Gasteiger partial charge on any atom is 0.0914 e. The number of aliphatic hydroxyl groups is 1. The lowest BCUT2D eigenvalue weighted by Crippen LogP contribution is -2.43. The van der Waals surface area contributed by atoms with E-state index in [1.807, 2.05) is 24.3 Å². The zero-order chi connectivity index (χ0) is 12.5. The van der Waals surface area contributed by atoms with Crippen molar-refractivity contribution < 1.29 is 5.11 Å². The molecule has 1 fully saturated rings. The minimum Gasteiger partial charge on any atom is -0.387 e. The molecule has 1 aliphatic rings. The molecule has 2 N–H and O–H groups in total. The normalized spacial score (nSPS) is 18.1. The van der Waals surface area contributed by atoms with Crippen molar-refractivity contribution in [2.24, 2.45) is 5.92 Å². The summed E-state index contributed by atoms with van der Waals surface area (Å²) in [4.78, 5) is 0. The van der Waals surface area contributed by atoms with Crippen LogP contribution in [0.2, 0.25) is 5.02 Å². The van der Waals surface area contributed by atoms with E-state index in [0.717, 1.165) is 11.5 Å². The van der Waals surface area contributed by atoms with Gasteiger partial charge in [-0.2, -0.15) is 0 Å². The fraction of sp³-hybridized carbons (Fsp3) is 0.571. The molecule has 0 bridgehead atoms. The monoisotopic (exact) mass is 253 g/mol. The molecule has 0 saturated heterocycles. The van der Waals surface area contributed by atoms with Gasteiger partial charge in [-0.15, -0.1) is 0 Å². The molecule has 0 aromatic heterocycles. The highest BCUT2D eigenvalue weighted by molar-refractivity contribution is 6.30. The average molecular weight is 254 g/mol. The molecular weight excluding hydrogens is 234 g/mol. The number of hydrogen-bond acceptors (Lipinski definition) is 2. The summed E-state index contributed by atoms with van der Waals surface area (Å²) < 4.78 is 0. The summed E-state index contributed by atoms with van der Waals surface area (Å²) in [5.74, 6) is 0.764. The number of β-amino-alcohol motifs (C(OH)–C–C–N with tert-alkyl or cyclic N) is 1. The zero-order valence-electron chi connectivity index (χ0n) is 10.4. The third kappa shape index (κ3) is 3.44. The highest BCUT2D eigenvalue weighted by atomic mass is 35.5. The predicted molar refractivity (Wildman–Crippen MR) is 71.2 cm³/mol. The van der Waals surface area contributed by atoms with Gasteiger partial charge >= 0.3 is 0 Å². The van der Waals surface area contributed by atoms with Gasteiger partial charge in [0.2, 0.25) is 0 Å². The molecule has 0 amide bonds. The minimum atomic E-state index is -0.467. The van der Waals surface area contributed by atoms with E-state index in [4.69, 9.17) is 11.6 Å². The third-order valence-corrected chi connectivity index (χ3v) is 3.86. The van der Waals surface area contributed by atoms with Crippen LogP contribution in [0.5, 0.6) is 0 Å². The molecule has 1 aromatic carbocycles. The van der Waals surface area contributed by atoms with Crippen molar-refractivity contribution in [1.82, 2.24) is 5.32 Å². The van der Waals surface area contributed by atoms with Gasteiger partial charge in [-0.05, 0) is 50.3 Å². The lowest BCUT2D eigenvalue weighted by molar-refractivity contribution is 0.157. The van der Waals surface area contributed by atoms with E-state index in [1.165, 1.54) is 12.8 Å². The Kier molecular flexibility index (Phi) is 3.76. The molecule has 2 rings (SSSR count). The second-order valence-electron chi connectivity index (χ2n) is 5.44. The first-order valence-corrected chi connectivity index (χ1v) is 6.55. The Morgan fingerprint density at radius 1 is 1.35 bits per heavy atom. The van der Waals surface area contributed by atoms with Crippen molar-refractivity contribution in [1.29, 1.82) is 0 Å². The fourth-order valence-electron chi connectivity index (χ4n) is 2.11. The Bertz CT molecular complexity index is 370. The maximum atomic E-state index is 10.1. The van der Waals surface area contributed by atoms with Gasteiger partial charge in [0.25, 0.3) is 0 Å². The van der Waals surface area contributed by atoms with Gasteiger partial charge in [0.15, 0.2) is 0 Å². The molecule has 3 heteroatoms. The van der Waals surface area contributed by atoms with Crippen LogP contribution in [0, 0.1) is 5.92 Å². The Morgan fingerprint density at radius 3 is 2.47 bits per heavy atom. The Labute approximate surface area is 108 Å². The lowest BCUT2D eigenvalue weighted by atomic mass is 9.98. The van der Waals surface area contributed by atoms with Crippen molar-refractivity contribution in [3.05, 3.63) is 34.9 Å². The maximum absolute atomic E-state index is 10.1. The van der Waals surface area contributed by atoms with Crippen LogP contribution in [-0.2, 0) is 0 Å². The molecule has 2 nitrogen and oxygen atoms in total. The van der Waals surface area contributed by atoms with Crippen LogP contribution in [-0.4, -0.2) is 17.2 Å². The summed E-state index contributed by atoms with van der Waals surface area (Å²) in [6, 6.07) is 7.37.